The Bertz CT molecular complexity index is 397. The minimum atomic E-state index is -4.80. The van der Waals surface area contributed by atoms with Gasteiger partial charge in [0.15, 0.2) is 0 Å². The van der Waals surface area contributed by atoms with Crippen LogP contribution in [0.2, 0.25) is 0 Å². The van der Waals surface area contributed by atoms with Crippen molar-refractivity contribution in [3.63, 3.8) is 0 Å². The number of benzene rings is 1. The first-order chi connectivity index (χ1) is 7.36. The predicted octanol–water partition coefficient (Wildman–Crippen LogP) is 2.68. The topological polar surface area (TPSA) is 26.3 Å². The number of methoxy groups -OCH3 is 1. The maximum atomic E-state index is 12.1. The highest BCUT2D eigenvalue weighted by Crippen LogP contribution is 2.26. The number of rotatable bonds is 3. The summed E-state index contributed by atoms with van der Waals surface area (Å²) in [4.78, 5) is 10.8. The Morgan fingerprint density at radius 3 is 2.50 bits per heavy atom. The lowest BCUT2D eigenvalue weighted by molar-refractivity contribution is -0.170. The summed E-state index contributed by atoms with van der Waals surface area (Å²) in [5.74, 6) is -1.43. The number of ether oxygens (including phenoxy) is 1. The van der Waals surface area contributed by atoms with E-state index in [0.29, 0.717) is 11.3 Å². The number of aryl methyl sites for hydroxylation is 1. The Morgan fingerprint density at radius 2 is 2.00 bits per heavy atom. The van der Waals surface area contributed by atoms with Crippen molar-refractivity contribution in [2.24, 2.45) is 0 Å². The van der Waals surface area contributed by atoms with Gasteiger partial charge in [0.1, 0.15) is 5.75 Å². The van der Waals surface area contributed by atoms with Crippen molar-refractivity contribution in [2.45, 2.75) is 19.5 Å². The van der Waals surface area contributed by atoms with Crippen LogP contribution in [0.3, 0.4) is 0 Å². The molecular formula is C11H11F3O2. The number of carbonyl (C=O) groups excluding carboxylic acids is 1. The molecule has 0 radical (unpaired) electrons. The number of para-hydroxylation sites is 1. The summed E-state index contributed by atoms with van der Waals surface area (Å²) in [6.45, 7) is 1.71. The van der Waals surface area contributed by atoms with E-state index >= 15 is 0 Å². The number of halogens is 3. The largest absolute Gasteiger partial charge is 0.496 e. The molecule has 0 amide bonds. The highest BCUT2D eigenvalue weighted by Gasteiger charge is 2.38. The van der Waals surface area contributed by atoms with Crippen molar-refractivity contribution in [1.29, 1.82) is 0 Å². The van der Waals surface area contributed by atoms with Crippen LogP contribution in [0.5, 0.6) is 5.75 Å². The maximum absolute atomic E-state index is 12.1. The summed E-state index contributed by atoms with van der Waals surface area (Å²) in [6, 6.07) is 4.76. The molecule has 16 heavy (non-hydrogen) atoms. The normalized spacial score (nSPS) is 11.3. The first-order valence-corrected chi connectivity index (χ1v) is 4.58. The van der Waals surface area contributed by atoms with Crippen LogP contribution in [0.15, 0.2) is 18.2 Å². The first kappa shape index (κ1) is 12.5. The SMILES string of the molecule is COc1c(C)cccc1CC(=O)C(F)(F)F. The van der Waals surface area contributed by atoms with Gasteiger partial charge in [-0.15, -0.1) is 0 Å². The van der Waals surface area contributed by atoms with Gasteiger partial charge in [0.05, 0.1) is 7.11 Å². The lowest BCUT2D eigenvalue weighted by Gasteiger charge is -2.11. The van der Waals surface area contributed by atoms with Gasteiger partial charge in [0.2, 0.25) is 5.78 Å². The predicted molar refractivity (Wildman–Crippen MR) is 52.5 cm³/mol. The van der Waals surface area contributed by atoms with E-state index in [4.69, 9.17) is 4.74 Å². The number of ketones is 1. The van der Waals surface area contributed by atoms with E-state index in [1.807, 2.05) is 0 Å². The second-order valence-corrected chi connectivity index (χ2v) is 3.36. The molecule has 0 N–H and O–H groups in total. The molecule has 0 spiro atoms. The second kappa shape index (κ2) is 4.55. The van der Waals surface area contributed by atoms with Crippen molar-refractivity contribution in [2.75, 3.05) is 7.11 Å². The average Bonchev–Trinajstić information content (AvgIpc) is 2.16. The molecule has 2 nitrogen and oxygen atoms in total. The fourth-order valence-electron chi connectivity index (χ4n) is 1.42. The minimum Gasteiger partial charge on any atom is -0.496 e. The molecule has 1 aromatic carbocycles. The highest BCUT2D eigenvalue weighted by molar-refractivity contribution is 5.86. The van der Waals surface area contributed by atoms with E-state index in [0.717, 1.165) is 0 Å². The maximum Gasteiger partial charge on any atom is 0.450 e. The molecule has 0 bridgehead atoms. The van der Waals surface area contributed by atoms with Gasteiger partial charge in [0.25, 0.3) is 0 Å². The fraction of sp³-hybridized carbons (Fsp3) is 0.364. The quantitative estimate of drug-likeness (QED) is 0.800. The molecule has 1 rings (SSSR count). The highest BCUT2D eigenvalue weighted by atomic mass is 19.4. The molecule has 0 atom stereocenters. The van der Waals surface area contributed by atoms with Gasteiger partial charge in [0, 0.05) is 12.0 Å². The molecule has 0 saturated heterocycles. The molecule has 88 valence electrons. The van der Waals surface area contributed by atoms with Crippen molar-refractivity contribution < 1.29 is 22.7 Å². The van der Waals surface area contributed by atoms with E-state index in [9.17, 15) is 18.0 Å². The molecule has 0 fully saturated rings. The van der Waals surface area contributed by atoms with Gasteiger partial charge >= 0.3 is 6.18 Å². The van der Waals surface area contributed by atoms with Crippen LogP contribution in [-0.4, -0.2) is 19.1 Å². The Balaban J connectivity index is 2.98. The molecule has 1 aromatic rings. The zero-order valence-corrected chi connectivity index (χ0v) is 8.89. The van der Waals surface area contributed by atoms with Gasteiger partial charge in [-0.2, -0.15) is 13.2 Å². The molecule has 5 heteroatoms. The fourth-order valence-corrected chi connectivity index (χ4v) is 1.42. The van der Waals surface area contributed by atoms with Crippen molar-refractivity contribution >= 4 is 5.78 Å². The van der Waals surface area contributed by atoms with E-state index in [1.165, 1.54) is 13.2 Å². The van der Waals surface area contributed by atoms with Crippen molar-refractivity contribution in [3.8, 4) is 5.75 Å². The van der Waals surface area contributed by atoms with E-state index in [-0.39, 0.29) is 5.56 Å². The van der Waals surface area contributed by atoms with Crippen LogP contribution < -0.4 is 4.74 Å². The van der Waals surface area contributed by atoms with E-state index in [1.54, 1.807) is 19.1 Å². The van der Waals surface area contributed by atoms with Crippen LogP contribution >= 0.6 is 0 Å². The summed E-state index contributed by atoms with van der Waals surface area (Å²) < 4.78 is 41.2. The average molecular weight is 232 g/mol. The summed E-state index contributed by atoms with van der Waals surface area (Å²) in [5, 5.41) is 0. The molecule has 0 unspecified atom stereocenters. The monoisotopic (exact) mass is 232 g/mol. The Labute approximate surface area is 91.0 Å². The number of hydrogen-bond acceptors (Lipinski definition) is 2. The van der Waals surface area contributed by atoms with Crippen molar-refractivity contribution in [3.05, 3.63) is 29.3 Å². The standard InChI is InChI=1S/C11H11F3O2/c1-7-4-3-5-8(10(7)16-2)6-9(15)11(12,13)14/h3-5H,6H2,1-2H3. The van der Waals surface area contributed by atoms with E-state index < -0.39 is 18.4 Å². The Hall–Kier alpha value is -1.52. The molecular weight excluding hydrogens is 221 g/mol. The van der Waals surface area contributed by atoms with Gasteiger partial charge in [-0.1, -0.05) is 18.2 Å². The third-order valence-corrected chi connectivity index (χ3v) is 2.16. The van der Waals surface area contributed by atoms with Crippen LogP contribution in [0, 0.1) is 6.92 Å². The van der Waals surface area contributed by atoms with Crippen LogP contribution in [-0.2, 0) is 11.2 Å². The zero-order chi connectivity index (χ0) is 12.3. The van der Waals surface area contributed by atoms with Crippen LogP contribution in [0.25, 0.3) is 0 Å². The number of Topliss-reactive ketones (excluding diaryl/α,β-unsaturated/α-hetero) is 1. The number of alkyl halides is 3. The van der Waals surface area contributed by atoms with Crippen LogP contribution in [0.1, 0.15) is 11.1 Å². The third kappa shape index (κ3) is 2.74. The lowest BCUT2D eigenvalue weighted by atomic mass is 10.0. The first-order valence-electron chi connectivity index (χ1n) is 4.58. The minimum absolute atomic E-state index is 0.254. The summed E-state index contributed by atoms with van der Waals surface area (Å²) in [5.41, 5.74) is 0.958. The number of hydrogen-bond donors (Lipinski definition) is 0. The smallest absolute Gasteiger partial charge is 0.450 e. The Kier molecular flexibility index (Phi) is 3.57. The molecule has 0 saturated carbocycles. The molecule has 0 aliphatic heterocycles. The molecule has 0 aliphatic carbocycles. The summed E-state index contributed by atoms with van der Waals surface area (Å²) in [6.07, 6.45) is -5.48. The zero-order valence-electron chi connectivity index (χ0n) is 8.89. The molecule has 0 aliphatic rings. The summed E-state index contributed by atoms with van der Waals surface area (Å²) >= 11 is 0. The third-order valence-electron chi connectivity index (χ3n) is 2.16. The second-order valence-electron chi connectivity index (χ2n) is 3.36. The van der Waals surface area contributed by atoms with Crippen LogP contribution in [0.4, 0.5) is 13.2 Å². The summed E-state index contributed by atoms with van der Waals surface area (Å²) in [7, 11) is 1.36. The van der Waals surface area contributed by atoms with Gasteiger partial charge in [-0.3, -0.25) is 4.79 Å². The lowest BCUT2D eigenvalue weighted by Crippen LogP contribution is -2.24. The number of carbonyl (C=O) groups is 1. The van der Waals surface area contributed by atoms with Gasteiger partial charge in [-0.05, 0) is 12.5 Å². The van der Waals surface area contributed by atoms with Gasteiger partial charge < -0.3 is 4.74 Å². The Morgan fingerprint density at radius 1 is 1.38 bits per heavy atom. The van der Waals surface area contributed by atoms with Gasteiger partial charge in [-0.25, -0.2) is 0 Å². The molecule has 0 aromatic heterocycles. The van der Waals surface area contributed by atoms with E-state index in [2.05, 4.69) is 0 Å². The van der Waals surface area contributed by atoms with Crippen molar-refractivity contribution in [1.82, 2.24) is 0 Å². The molecule has 0 heterocycles.